The summed E-state index contributed by atoms with van der Waals surface area (Å²) in [5.41, 5.74) is -0.0212. The average Bonchev–Trinajstić information content (AvgIpc) is 2.88. The lowest BCUT2D eigenvalue weighted by molar-refractivity contribution is -0.145. The Balaban J connectivity index is 2.08. The molecule has 6 nitrogen and oxygen atoms in total. The Labute approximate surface area is 144 Å². The zero-order valence-electron chi connectivity index (χ0n) is 13.6. The van der Waals surface area contributed by atoms with Crippen LogP contribution < -0.4 is 4.74 Å². The van der Waals surface area contributed by atoms with Gasteiger partial charge in [-0.1, -0.05) is 48.5 Å². The average molecular weight is 339 g/mol. The van der Waals surface area contributed by atoms with E-state index in [1.54, 1.807) is 48.5 Å². The van der Waals surface area contributed by atoms with Gasteiger partial charge in [0.2, 0.25) is 5.91 Å². The number of rotatable bonds is 5. The summed E-state index contributed by atoms with van der Waals surface area (Å²) >= 11 is 0. The second-order valence-corrected chi connectivity index (χ2v) is 5.98. The first-order chi connectivity index (χ1) is 11.9. The van der Waals surface area contributed by atoms with Crippen molar-refractivity contribution in [1.82, 2.24) is 4.90 Å². The van der Waals surface area contributed by atoms with Crippen molar-refractivity contribution in [3.8, 4) is 5.75 Å². The van der Waals surface area contributed by atoms with Gasteiger partial charge in [-0.05, 0) is 11.6 Å². The molecule has 0 spiro atoms. The largest absolute Gasteiger partial charge is 0.480 e. The van der Waals surface area contributed by atoms with Crippen molar-refractivity contribution >= 4 is 17.8 Å². The van der Waals surface area contributed by atoms with E-state index in [1.165, 1.54) is 7.05 Å². The van der Waals surface area contributed by atoms with Crippen LogP contribution in [-0.2, 0) is 19.8 Å². The smallest absolute Gasteiger partial charge is 0.327 e. The van der Waals surface area contributed by atoms with Crippen molar-refractivity contribution in [3.63, 3.8) is 0 Å². The predicted octanol–water partition coefficient (Wildman–Crippen LogP) is 1.82. The number of carboxylic acids is 1. The van der Waals surface area contributed by atoms with Crippen LogP contribution >= 0.6 is 0 Å². The van der Waals surface area contributed by atoms with Crippen LogP contribution in [0.15, 0.2) is 54.6 Å². The minimum Gasteiger partial charge on any atom is -0.480 e. The molecular weight excluding hydrogens is 322 g/mol. The highest BCUT2D eigenvalue weighted by Crippen LogP contribution is 2.46. The zero-order valence-corrected chi connectivity index (χ0v) is 13.6. The van der Waals surface area contributed by atoms with E-state index in [4.69, 9.17) is 9.84 Å². The summed E-state index contributed by atoms with van der Waals surface area (Å²) < 4.78 is 5.41. The maximum atomic E-state index is 12.8. The third-order valence-corrected chi connectivity index (χ3v) is 4.38. The fourth-order valence-electron chi connectivity index (χ4n) is 3.12. The Morgan fingerprint density at radius 3 is 2.40 bits per heavy atom. The molecule has 0 saturated carbocycles. The molecular formula is C19H17NO5. The van der Waals surface area contributed by atoms with E-state index in [-0.39, 0.29) is 6.42 Å². The second kappa shape index (κ2) is 6.39. The standard InChI is InChI=1S/C19H17NO5/c1-20(12-17(22)23)16(21)11-19(13-7-3-2-4-8-13)14-9-5-6-10-15(14)25-18(19)24/h2-10H,11-12H2,1H3,(H,22,23). The Morgan fingerprint density at radius 2 is 1.72 bits per heavy atom. The minimum absolute atomic E-state index is 0.198. The molecule has 0 fully saturated rings. The van der Waals surface area contributed by atoms with Crippen molar-refractivity contribution in [2.75, 3.05) is 13.6 Å². The molecule has 1 amide bonds. The molecule has 1 aliphatic heterocycles. The number of carbonyl (C=O) groups is 3. The normalized spacial score (nSPS) is 18.4. The molecule has 1 atom stereocenters. The van der Waals surface area contributed by atoms with Gasteiger partial charge >= 0.3 is 11.9 Å². The SMILES string of the molecule is CN(CC(=O)O)C(=O)CC1(c2ccccc2)C(=O)Oc2ccccc21. The number of para-hydroxylation sites is 1. The molecule has 3 rings (SSSR count). The Morgan fingerprint density at radius 1 is 1.08 bits per heavy atom. The quantitative estimate of drug-likeness (QED) is 0.664. The van der Waals surface area contributed by atoms with Gasteiger partial charge in [0, 0.05) is 12.6 Å². The lowest BCUT2D eigenvalue weighted by Gasteiger charge is -2.28. The van der Waals surface area contributed by atoms with Crippen LogP contribution in [0.3, 0.4) is 0 Å². The fraction of sp³-hybridized carbons (Fsp3) is 0.211. The lowest BCUT2D eigenvalue weighted by atomic mass is 9.72. The maximum absolute atomic E-state index is 12.8. The number of carboxylic acid groups (broad SMARTS) is 1. The first kappa shape index (κ1) is 16.7. The predicted molar refractivity (Wildman–Crippen MR) is 89.2 cm³/mol. The van der Waals surface area contributed by atoms with Crippen LogP contribution in [0.1, 0.15) is 17.5 Å². The van der Waals surface area contributed by atoms with E-state index in [9.17, 15) is 14.4 Å². The molecule has 128 valence electrons. The minimum atomic E-state index is -1.28. The van der Waals surface area contributed by atoms with E-state index >= 15 is 0 Å². The van der Waals surface area contributed by atoms with Crippen LogP contribution in [0, 0.1) is 0 Å². The molecule has 1 unspecified atom stereocenters. The summed E-state index contributed by atoms with van der Waals surface area (Å²) in [4.78, 5) is 37.4. The molecule has 1 aliphatic rings. The first-order valence-corrected chi connectivity index (χ1v) is 7.78. The van der Waals surface area contributed by atoms with Gasteiger partial charge in [-0.25, -0.2) is 0 Å². The molecule has 6 heteroatoms. The summed E-state index contributed by atoms with van der Waals surface area (Å²) in [7, 11) is 1.40. The molecule has 0 bridgehead atoms. The van der Waals surface area contributed by atoms with Gasteiger partial charge in [-0.15, -0.1) is 0 Å². The number of hydrogen-bond donors (Lipinski definition) is 1. The van der Waals surface area contributed by atoms with Crippen molar-refractivity contribution < 1.29 is 24.2 Å². The number of hydrogen-bond acceptors (Lipinski definition) is 4. The fourth-order valence-corrected chi connectivity index (χ4v) is 3.12. The molecule has 0 aliphatic carbocycles. The number of carbonyl (C=O) groups excluding carboxylic acids is 2. The highest BCUT2D eigenvalue weighted by atomic mass is 16.5. The van der Waals surface area contributed by atoms with Crippen LogP contribution in [-0.4, -0.2) is 41.4 Å². The zero-order chi connectivity index (χ0) is 18.0. The van der Waals surface area contributed by atoms with Gasteiger partial charge in [0.15, 0.2) is 0 Å². The highest BCUT2D eigenvalue weighted by Gasteiger charge is 2.52. The van der Waals surface area contributed by atoms with E-state index in [1.807, 2.05) is 6.07 Å². The van der Waals surface area contributed by atoms with Gasteiger partial charge in [0.1, 0.15) is 17.7 Å². The van der Waals surface area contributed by atoms with Gasteiger partial charge in [0.05, 0.1) is 6.42 Å². The number of aliphatic carboxylic acids is 1. The van der Waals surface area contributed by atoms with Crippen LogP contribution in [0.2, 0.25) is 0 Å². The Kier molecular flexibility index (Phi) is 4.27. The number of ether oxygens (including phenoxy) is 1. The number of benzene rings is 2. The third kappa shape index (κ3) is 2.87. The molecule has 1 heterocycles. The molecule has 0 aromatic heterocycles. The monoisotopic (exact) mass is 339 g/mol. The number of likely N-dealkylation sites (N-methyl/N-ethyl adjacent to an activating group) is 1. The molecule has 2 aromatic carbocycles. The van der Waals surface area contributed by atoms with Crippen molar-refractivity contribution in [2.45, 2.75) is 11.8 Å². The lowest BCUT2D eigenvalue weighted by Crippen LogP contribution is -2.42. The van der Waals surface area contributed by atoms with Gasteiger partial charge in [-0.3, -0.25) is 14.4 Å². The molecule has 2 aromatic rings. The Hall–Kier alpha value is -3.15. The van der Waals surface area contributed by atoms with Crippen LogP contribution in [0.5, 0.6) is 5.75 Å². The maximum Gasteiger partial charge on any atom is 0.327 e. The van der Waals surface area contributed by atoms with Gasteiger partial charge < -0.3 is 14.7 Å². The van der Waals surface area contributed by atoms with Crippen molar-refractivity contribution in [3.05, 3.63) is 65.7 Å². The number of esters is 1. The van der Waals surface area contributed by atoms with Crippen molar-refractivity contribution in [2.24, 2.45) is 0 Å². The van der Waals surface area contributed by atoms with E-state index in [0.717, 1.165) is 4.90 Å². The van der Waals surface area contributed by atoms with E-state index in [0.29, 0.717) is 16.9 Å². The summed E-state index contributed by atoms with van der Waals surface area (Å²) in [6.45, 7) is -0.430. The first-order valence-electron chi connectivity index (χ1n) is 7.78. The highest BCUT2D eigenvalue weighted by molar-refractivity contribution is 5.99. The number of nitrogens with zero attached hydrogens (tertiary/aromatic N) is 1. The summed E-state index contributed by atoms with van der Waals surface area (Å²) in [5, 5.41) is 8.90. The van der Waals surface area contributed by atoms with E-state index in [2.05, 4.69) is 0 Å². The van der Waals surface area contributed by atoms with Gasteiger partial charge in [0.25, 0.3) is 0 Å². The summed E-state index contributed by atoms with van der Waals surface area (Å²) in [6.07, 6.45) is -0.198. The molecule has 25 heavy (non-hydrogen) atoms. The number of amides is 1. The molecule has 1 N–H and O–H groups in total. The second-order valence-electron chi connectivity index (χ2n) is 5.98. The van der Waals surface area contributed by atoms with E-state index < -0.39 is 29.8 Å². The molecule has 0 saturated heterocycles. The van der Waals surface area contributed by atoms with Crippen LogP contribution in [0.25, 0.3) is 0 Å². The van der Waals surface area contributed by atoms with Crippen LogP contribution in [0.4, 0.5) is 0 Å². The summed E-state index contributed by atoms with van der Waals surface area (Å²) in [6, 6.07) is 15.9. The molecule has 0 radical (unpaired) electrons. The van der Waals surface area contributed by atoms with Gasteiger partial charge in [-0.2, -0.15) is 0 Å². The third-order valence-electron chi connectivity index (χ3n) is 4.38. The Bertz CT molecular complexity index is 833. The topological polar surface area (TPSA) is 83.9 Å². The number of fused-ring (bicyclic) bond motifs is 1. The van der Waals surface area contributed by atoms with Crippen molar-refractivity contribution in [1.29, 1.82) is 0 Å². The summed E-state index contributed by atoms with van der Waals surface area (Å²) in [5.74, 6) is -1.67.